The summed E-state index contributed by atoms with van der Waals surface area (Å²) in [7, 11) is 0. The van der Waals surface area contributed by atoms with E-state index in [0.29, 0.717) is 24.7 Å². The molecule has 1 aliphatic heterocycles. The number of anilines is 2. The van der Waals surface area contributed by atoms with Crippen molar-refractivity contribution < 1.29 is 13.9 Å². The van der Waals surface area contributed by atoms with Crippen LogP contribution in [0.4, 0.5) is 15.8 Å². The second kappa shape index (κ2) is 7.39. The van der Waals surface area contributed by atoms with Gasteiger partial charge in [0, 0.05) is 43.4 Å². The molecule has 3 fully saturated rings. The van der Waals surface area contributed by atoms with Crippen molar-refractivity contribution in [2.45, 2.75) is 25.3 Å². The Morgan fingerprint density at radius 2 is 2.00 bits per heavy atom. The fourth-order valence-corrected chi connectivity index (χ4v) is 5.21. The van der Waals surface area contributed by atoms with Gasteiger partial charge < -0.3 is 19.4 Å². The molecule has 9 heteroatoms. The average Bonchev–Trinajstić information content (AvgIpc) is 3.54. The molecule has 1 saturated heterocycles. The van der Waals surface area contributed by atoms with Crippen molar-refractivity contribution in [2.75, 3.05) is 36.5 Å². The Kier molecular flexibility index (Phi) is 4.36. The molecule has 1 amide bonds. The molecule has 3 aromatic heterocycles. The Morgan fingerprint density at radius 1 is 1.20 bits per heavy atom. The molecule has 35 heavy (non-hydrogen) atoms. The van der Waals surface area contributed by atoms with Crippen molar-refractivity contribution in [3.8, 4) is 11.1 Å². The lowest BCUT2D eigenvalue weighted by atomic mass is 10.00. The van der Waals surface area contributed by atoms with Gasteiger partial charge in [-0.1, -0.05) is 0 Å². The zero-order valence-electron chi connectivity index (χ0n) is 19.4. The number of halogens is 1. The summed E-state index contributed by atoms with van der Waals surface area (Å²) in [6.07, 6.45) is 11.3. The Morgan fingerprint density at radius 3 is 2.77 bits per heavy atom. The SMILES string of the molecule is Cc1cc(F)c(NC(=O)c2cnn(C34CC3C4)c2)cc1-c1cc(N2CCOCC2)c2nccn2c1. The smallest absolute Gasteiger partial charge is 0.258 e. The number of hydrogen-bond acceptors (Lipinski definition) is 5. The number of nitrogens with zero attached hydrogens (tertiary/aromatic N) is 5. The molecule has 1 aromatic carbocycles. The predicted octanol–water partition coefficient (Wildman–Crippen LogP) is 3.85. The summed E-state index contributed by atoms with van der Waals surface area (Å²) in [5.74, 6) is -0.115. The highest BCUT2D eigenvalue weighted by Crippen LogP contribution is 2.72. The molecule has 0 atom stereocenters. The number of benzene rings is 1. The Hall–Kier alpha value is -3.72. The molecule has 4 heterocycles. The lowest BCUT2D eigenvalue weighted by molar-refractivity contribution is 0.102. The number of carbonyl (C=O) groups is 1. The van der Waals surface area contributed by atoms with E-state index >= 15 is 0 Å². The third-order valence-electron chi connectivity index (χ3n) is 7.63. The number of aryl methyl sites for hydroxylation is 1. The third kappa shape index (κ3) is 3.33. The van der Waals surface area contributed by atoms with Gasteiger partial charge in [-0.05, 0) is 55.0 Å². The highest BCUT2D eigenvalue weighted by molar-refractivity contribution is 6.04. The largest absolute Gasteiger partial charge is 0.378 e. The summed E-state index contributed by atoms with van der Waals surface area (Å²) in [4.78, 5) is 19.7. The molecule has 8 nitrogen and oxygen atoms in total. The quantitative estimate of drug-likeness (QED) is 0.478. The number of carbonyl (C=O) groups excluding carboxylic acids is 1. The minimum Gasteiger partial charge on any atom is -0.378 e. The number of ether oxygens (including phenoxy) is 1. The molecule has 0 spiro atoms. The number of hydrogen-bond donors (Lipinski definition) is 1. The summed E-state index contributed by atoms with van der Waals surface area (Å²) in [5.41, 5.74) is 5.18. The molecule has 4 aromatic rings. The van der Waals surface area contributed by atoms with E-state index in [0.717, 1.165) is 54.0 Å². The number of rotatable bonds is 5. The van der Waals surface area contributed by atoms with E-state index in [1.807, 2.05) is 28.4 Å². The normalized spacial score (nSPS) is 22.8. The maximum absolute atomic E-state index is 14.9. The van der Waals surface area contributed by atoms with Crippen LogP contribution in [0, 0.1) is 18.7 Å². The minimum atomic E-state index is -0.466. The third-order valence-corrected chi connectivity index (χ3v) is 7.63. The van der Waals surface area contributed by atoms with E-state index < -0.39 is 5.82 Å². The Labute approximate surface area is 201 Å². The summed E-state index contributed by atoms with van der Waals surface area (Å²) in [6, 6.07) is 5.27. The number of nitrogens with one attached hydrogen (secondary N) is 1. The van der Waals surface area contributed by atoms with Gasteiger partial charge in [0.25, 0.3) is 5.91 Å². The molecule has 0 bridgehead atoms. The van der Waals surface area contributed by atoms with Gasteiger partial charge in [0.1, 0.15) is 5.82 Å². The number of morpholine rings is 1. The van der Waals surface area contributed by atoms with Crippen LogP contribution in [-0.2, 0) is 10.3 Å². The van der Waals surface area contributed by atoms with E-state index in [-0.39, 0.29) is 17.1 Å². The van der Waals surface area contributed by atoms with Crippen LogP contribution < -0.4 is 10.2 Å². The fraction of sp³-hybridized carbons (Fsp3) is 0.346. The number of fused-ring (bicyclic) bond motifs is 2. The topological polar surface area (TPSA) is 76.7 Å². The van der Waals surface area contributed by atoms with E-state index in [4.69, 9.17) is 4.74 Å². The molecule has 7 rings (SSSR count). The molecule has 0 unspecified atom stereocenters. The van der Waals surface area contributed by atoms with Crippen molar-refractivity contribution >= 4 is 22.9 Å². The number of aromatic nitrogens is 4. The zero-order valence-corrected chi connectivity index (χ0v) is 19.4. The first-order valence-corrected chi connectivity index (χ1v) is 12.0. The average molecular weight is 473 g/mol. The number of amides is 1. The lowest BCUT2D eigenvalue weighted by Gasteiger charge is -2.29. The van der Waals surface area contributed by atoms with Crippen LogP contribution in [0.25, 0.3) is 16.8 Å². The van der Waals surface area contributed by atoms with E-state index in [2.05, 4.69) is 26.4 Å². The van der Waals surface area contributed by atoms with Crippen LogP contribution >= 0.6 is 0 Å². The van der Waals surface area contributed by atoms with Crippen LogP contribution in [0.2, 0.25) is 0 Å². The van der Waals surface area contributed by atoms with Crippen molar-refractivity contribution in [3.05, 3.63) is 66.1 Å². The molecule has 3 aliphatic rings. The highest BCUT2D eigenvalue weighted by atomic mass is 19.1. The van der Waals surface area contributed by atoms with E-state index in [1.54, 1.807) is 24.7 Å². The van der Waals surface area contributed by atoms with Crippen molar-refractivity contribution in [1.29, 1.82) is 0 Å². The molecular formula is C26H25FN6O2. The summed E-state index contributed by atoms with van der Waals surface area (Å²) < 4.78 is 24.3. The molecule has 1 N–H and O–H groups in total. The molecule has 178 valence electrons. The lowest BCUT2D eigenvalue weighted by Crippen LogP contribution is -2.36. The Balaban J connectivity index is 1.23. The van der Waals surface area contributed by atoms with Crippen LogP contribution in [0.5, 0.6) is 0 Å². The standard InChI is InChI=1S/C26H25FN6O2/c1-16-8-21(27)22(30-25(34)18-13-29-33(15-18)26-11-19(26)12-26)10-20(16)17-9-23(31-4-6-35-7-5-31)24-28-2-3-32(24)14-17/h2-3,8-10,13-15,19H,4-7,11-12H2,1H3,(H,30,34). The summed E-state index contributed by atoms with van der Waals surface area (Å²) in [5, 5.41) is 7.13. The highest BCUT2D eigenvalue weighted by Gasteiger charge is 2.72. The maximum atomic E-state index is 14.9. The second-order valence-electron chi connectivity index (χ2n) is 9.85. The van der Waals surface area contributed by atoms with Gasteiger partial charge in [-0.15, -0.1) is 0 Å². The predicted molar refractivity (Wildman–Crippen MR) is 129 cm³/mol. The van der Waals surface area contributed by atoms with Gasteiger partial charge in [-0.25, -0.2) is 9.37 Å². The fourth-order valence-electron chi connectivity index (χ4n) is 5.21. The first-order chi connectivity index (χ1) is 17.0. The van der Waals surface area contributed by atoms with Crippen molar-refractivity contribution in [2.24, 2.45) is 5.92 Å². The summed E-state index contributed by atoms with van der Waals surface area (Å²) in [6.45, 7) is 4.78. The first kappa shape index (κ1) is 20.6. The van der Waals surface area contributed by atoms with Crippen molar-refractivity contribution in [3.63, 3.8) is 0 Å². The molecule has 2 saturated carbocycles. The van der Waals surface area contributed by atoms with Crippen LogP contribution in [-0.4, -0.2) is 51.4 Å². The summed E-state index contributed by atoms with van der Waals surface area (Å²) >= 11 is 0. The van der Waals surface area contributed by atoms with E-state index in [1.165, 1.54) is 6.07 Å². The van der Waals surface area contributed by atoms with Gasteiger partial charge in [-0.3, -0.25) is 9.48 Å². The van der Waals surface area contributed by atoms with Gasteiger partial charge in [0.05, 0.1) is 41.9 Å². The van der Waals surface area contributed by atoms with Crippen LogP contribution in [0.15, 0.2) is 49.2 Å². The molecule has 2 aliphatic carbocycles. The van der Waals surface area contributed by atoms with E-state index in [9.17, 15) is 9.18 Å². The second-order valence-corrected chi connectivity index (χ2v) is 9.85. The monoisotopic (exact) mass is 472 g/mol. The van der Waals surface area contributed by atoms with Gasteiger partial charge in [0.15, 0.2) is 5.65 Å². The minimum absolute atomic E-state index is 0.149. The van der Waals surface area contributed by atoms with Crippen molar-refractivity contribution in [1.82, 2.24) is 19.2 Å². The zero-order chi connectivity index (χ0) is 23.7. The Bertz CT molecular complexity index is 1480. The first-order valence-electron chi connectivity index (χ1n) is 12.0. The van der Waals surface area contributed by atoms with Crippen LogP contribution in [0.3, 0.4) is 0 Å². The molecular weight excluding hydrogens is 447 g/mol. The number of pyridine rings is 1. The van der Waals surface area contributed by atoms with Crippen LogP contribution in [0.1, 0.15) is 28.8 Å². The molecule has 0 radical (unpaired) electrons. The van der Waals surface area contributed by atoms with Gasteiger partial charge >= 0.3 is 0 Å². The van der Waals surface area contributed by atoms with Gasteiger partial charge in [0.2, 0.25) is 0 Å². The number of imidazole rings is 1. The van der Waals surface area contributed by atoms with Gasteiger partial charge in [-0.2, -0.15) is 5.10 Å². The maximum Gasteiger partial charge on any atom is 0.258 e.